The lowest BCUT2D eigenvalue weighted by Gasteiger charge is -2.06. The van der Waals surface area contributed by atoms with Crippen LogP contribution in [0.3, 0.4) is 0 Å². The van der Waals surface area contributed by atoms with Crippen LogP contribution in [0.5, 0.6) is 11.5 Å². The Hall–Kier alpha value is -1.66. The maximum absolute atomic E-state index is 9.53. The van der Waals surface area contributed by atoms with Gasteiger partial charge in [-0.3, -0.25) is 0 Å². The van der Waals surface area contributed by atoms with E-state index in [4.69, 9.17) is 15.9 Å². The number of unbranched alkanes of at least 4 members (excludes halogenated alkanes) is 1. The van der Waals surface area contributed by atoms with E-state index in [-0.39, 0.29) is 0 Å². The van der Waals surface area contributed by atoms with Gasteiger partial charge in [0.15, 0.2) is 0 Å². The van der Waals surface area contributed by atoms with Crippen molar-refractivity contribution in [1.82, 2.24) is 0 Å². The minimum absolute atomic E-state index is 0.329. The van der Waals surface area contributed by atoms with E-state index in [0.717, 1.165) is 24.2 Å². The second kappa shape index (κ2) is 4.91. The molecule has 3 heteroatoms. The largest absolute Gasteiger partial charge is 0.493 e. The van der Waals surface area contributed by atoms with E-state index in [1.54, 1.807) is 6.07 Å². The van der Waals surface area contributed by atoms with Gasteiger partial charge in [0.25, 0.3) is 0 Å². The molecule has 1 heterocycles. The fraction of sp³-hybridized carbons (Fsp3) is 0.385. The number of rotatable bonds is 4. The van der Waals surface area contributed by atoms with E-state index in [1.165, 1.54) is 0 Å². The lowest BCUT2D eigenvalue weighted by Crippen LogP contribution is -1.97. The summed E-state index contributed by atoms with van der Waals surface area (Å²) in [6, 6.07) is 5.48. The molecule has 1 aliphatic heterocycles. The highest BCUT2D eigenvalue weighted by atomic mass is 16.5. The van der Waals surface area contributed by atoms with E-state index in [9.17, 15) is 5.11 Å². The van der Waals surface area contributed by atoms with Crippen LogP contribution < -0.4 is 9.47 Å². The Bertz CT molecular complexity index is 406. The van der Waals surface area contributed by atoms with Crippen LogP contribution in [0.4, 0.5) is 0 Å². The molecular weight excluding hydrogens is 204 g/mol. The van der Waals surface area contributed by atoms with E-state index < -0.39 is 6.10 Å². The average Bonchev–Trinajstić information content (AvgIpc) is 2.66. The number of fused-ring (bicyclic) bond motifs is 1. The number of hydrogen-bond donors (Lipinski definition) is 1. The molecule has 0 aliphatic carbocycles. The molecule has 0 fully saturated rings. The molecule has 84 valence electrons. The van der Waals surface area contributed by atoms with Gasteiger partial charge in [0.1, 0.15) is 24.2 Å². The second-order valence-electron chi connectivity index (χ2n) is 3.68. The zero-order chi connectivity index (χ0) is 11.4. The summed E-state index contributed by atoms with van der Waals surface area (Å²) in [7, 11) is 0. The standard InChI is InChI=1S/C13H14O3/c1-2-3-4-7-15-10-5-6-11-12(14)9-16-13(11)8-10/h1,5-6,8,12,14H,3-4,7,9H2. The zero-order valence-corrected chi connectivity index (χ0v) is 8.98. The Morgan fingerprint density at radius 1 is 1.56 bits per heavy atom. The summed E-state index contributed by atoms with van der Waals surface area (Å²) in [5.74, 6) is 4.03. The molecule has 1 unspecified atom stereocenters. The first kappa shape index (κ1) is 10.8. The van der Waals surface area contributed by atoms with Crippen LogP contribution in [-0.2, 0) is 0 Å². The van der Waals surface area contributed by atoms with Gasteiger partial charge >= 0.3 is 0 Å². The monoisotopic (exact) mass is 218 g/mol. The summed E-state index contributed by atoms with van der Waals surface area (Å²) in [5, 5.41) is 9.53. The first-order chi connectivity index (χ1) is 7.81. The molecule has 1 aromatic rings. The van der Waals surface area contributed by atoms with E-state index in [2.05, 4.69) is 5.92 Å². The summed E-state index contributed by atoms with van der Waals surface area (Å²) < 4.78 is 10.8. The molecule has 0 amide bonds. The summed E-state index contributed by atoms with van der Waals surface area (Å²) in [4.78, 5) is 0. The van der Waals surface area contributed by atoms with Gasteiger partial charge in [-0.15, -0.1) is 12.3 Å². The van der Waals surface area contributed by atoms with Crippen molar-refractivity contribution in [3.8, 4) is 23.8 Å². The highest BCUT2D eigenvalue weighted by molar-refractivity contribution is 5.44. The topological polar surface area (TPSA) is 38.7 Å². The first-order valence-corrected chi connectivity index (χ1v) is 5.32. The van der Waals surface area contributed by atoms with Crippen molar-refractivity contribution in [2.75, 3.05) is 13.2 Å². The van der Waals surface area contributed by atoms with Crippen LogP contribution in [0.25, 0.3) is 0 Å². The van der Waals surface area contributed by atoms with Crippen molar-refractivity contribution in [2.24, 2.45) is 0 Å². The number of aliphatic hydroxyl groups is 1. The van der Waals surface area contributed by atoms with Gasteiger partial charge in [-0.05, 0) is 18.6 Å². The Labute approximate surface area is 95.0 Å². The molecule has 1 N–H and O–H groups in total. The van der Waals surface area contributed by atoms with Gasteiger partial charge < -0.3 is 14.6 Å². The molecule has 0 radical (unpaired) electrons. The Kier molecular flexibility index (Phi) is 3.33. The Morgan fingerprint density at radius 2 is 2.44 bits per heavy atom. The summed E-state index contributed by atoms with van der Waals surface area (Å²) >= 11 is 0. The molecule has 16 heavy (non-hydrogen) atoms. The predicted octanol–water partition coefficient (Wildman–Crippen LogP) is 1.90. The lowest BCUT2D eigenvalue weighted by molar-refractivity contribution is 0.140. The number of benzene rings is 1. The van der Waals surface area contributed by atoms with Crippen LogP contribution >= 0.6 is 0 Å². The highest BCUT2D eigenvalue weighted by Gasteiger charge is 2.21. The average molecular weight is 218 g/mol. The summed E-state index contributed by atoms with van der Waals surface area (Å²) in [6.07, 6.45) is 6.20. The number of ether oxygens (including phenoxy) is 2. The van der Waals surface area contributed by atoms with E-state index >= 15 is 0 Å². The maximum atomic E-state index is 9.53. The van der Waals surface area contributed by atoms with Crippen molar-refractivity contribution in [3.05, 3.63) is 23.8 Å². The third kappa shape index (κ3) is 2.29. The van der Waals surface area contributed by atoms with E-state index in [0.29, 0.717) is 19.0 Å². The number of terminal acetylenes is 1. The van der Waals surface area contributed by atoms with Crippen LogP contribution in [0.2, 0.25) is 0 Å². The van der Waals surface area contributed by atoms with Gasteiger partial charge in [-0.25, -0.2) is 0 Å². The highest BCUT2D eigenvalue weighted by Crippen LogP contribution is 2.34. The minimum atomic E-state index is -0.509. The van der Waals surface area contributed by atoms with Crippen molar-refractivity contribution >= 4 is 0 Å². The third-order valence-corrected chi connectivity index (χ3v) is 2.47. The summed E-state index contributed by atoms with van der Waals surface area (Å²) in [6.45, 7) is 0.932. The maximum Gasteiger partial charge on any atom is 0.129 e. The molecule has 0 spiro atoms. The second-order valence-corrected chi connectivity index (χ2v) is 3.68. The molecule has 0 saturated carbocycles. The molecule has 0 aromatic heterocycles. The zero-order valence-electron chi connectivity index (χ0n) is 8.98. The van der Waals surface area contributed by atoms with Gasteiger partial charge in [-0.1, -0.05) is 0 Å². The van der Waals surface area contributed by atoms with Gasteiger partial charge in [-0.2, -0.15) is 0 Å². The Balaban J connectivity index is 1.95. The molecule has 1 aromatic carbocycles. The normalized spacial score (nSPS) is 17.4. The van der Waals surface area contributed by atoms with Crippen molar-refractivity contribution in [1.29, 1.82) is 0 Å². The number of hydrogen-bond acceptors (Lipinski definition) is 3. The fourth-order valence-electron chi connectivity index (χ4n) is 1.63. The quantitative estimate of drug-likeness (QED) is 0.619. The summed E-state index contributed by atoms with van der Waals surface area (Å²) in [5.41, 5.74) is 0.830. The van der Waals surface area contributed by atoms with Crippen molar-refractivity contribution < 1.29 is 14.6 Å². The number of aliphatic hydroxyl groups excluding tert-OH is 1. The Morgan fingerprint density at radius 3 is 3.25 bits per heavy atom. The van der Waals surface area contributed by atoms with E-state index in [1.807, 2.05) is 12.1 Å². The van der Waals surface area contributed by atoms with Crippen molar-refractivity contribution in [2.45, 2.75) is 18.9 Å². The molecule has 3 nitrogen and oxygen atoms in total. The van der Waals surface area contributed by atoms with Gasteiger partial charge in [0, 0.05) is 18.1 Å². The van der Waals surface area contributed by atoms with Gasteiger partial charge in [0.05, 0.1) is 6.61 Å². The molecular formula is C13H14O3. The predicted molar refractivity (Wildman–Crippen MR) is 60.5 cm³/mol. The first-order valence-electron chi connectivity index (χ1n) is 5.32. The lowest BCUT2D eigenvalue weighted by atomic mass is 10.1. The van der Waals surface area contributed by atoms with Crippen LogP contribution in [0, 0.1) is 12.3 Å². The third-order valence-electron chi connectivity index (χ3n) is 2.47. The molecule has 2 rings (SSSR count). The molecule has 0 saturated heterocycles. The minimum Gasteiger partial charge on any atom is -0.493 e. The molecule has 1 atom stereocenters. The SMILES string of the molecule is C#CCCCOc1ccc2c(c1)OCC2O. The molecule has 0 bridgehead atoms. The molecule has 1 aliphatic rings. The van der Waals surface area contributed by atoms with Crippen LogP contribution in [0.15, 0.2) is 18.2 Å². The van der Waals surface area contributed by atoms with Crippen molar-refractivity contribution in [3.63, 3.8) is 0 Å². The van der Waals surface area contributed by atoms with Crippen LogP contribution in [-0.4, -0.2) is 18.3 Å². The van der Waals surface area contributed by atoms with Crippen LogP contribution in [0.1, 0.15) is 24.5 Å². The van der Waals surface area contributed by atoms with Gasteiger partial charge in [0.2, 0.25) is 0 Å². The fourth-order valence-corrected chi connectivity index (χ4v) is 1.63. The smallest absolute Gasteiger partial charge is 0.129 e.